The van der Waals surface area contributed by atoms with E-state index < -0.39 is 11.0 Å². The van der Waals surface area contributed by atoms with Crippen molar-refractivity contribution in [1.82, 2.24) is 0 Å². The van der Waals surface area contributed by atoms with Crippen LogP contribution in [0.25, 0.3) is 0 Å². The Hall–Kier alpha value is -1.16. The van der Waals surface area contributed by atoms with Gasteiger partial charge in [0.2, 0.25) is 0 Å². The Morgan fingerprint density at radius 1 is 1.20 bits per heavy atom. The van der Waals surface area contributed by atoms with Crippen LogP contribution in [-0.4, -0.2) is 28.6 Å². The second-order valence-electron chi connectivity index (χ2n) is 9.29. The molecule has 0 aliphatic heterocycles. The lowest BCUT2D eigenvalue weighted by Gasteiger charge is -2.59. The number of Topliss-reactive ketones (excluding diaryl/α,β-unsaturated/α-hetero) is 1. The van der Waals surface area contributed by atoms with Crippen molar-refractivity contribution in [3.05, 3.63) is 11.6 Å². The lowest BCUT2D eigenvalue weighted by atomic mass is 9.46. The number of hydrogen-bond acceptors (Lipinski definition) is 4. The van der Waals surface area contributed by atoms with Crippen LogP contribution in [0.4, 0.5) is 0 Å². The summed E-state index contributed by atoms with van der Waals surface area (Å²) in [5.41, 5.74) is 0.0838. The van der Waals surface area contributed by atoms with Crippen LogP contribution in [0.5, 0.6) is 0 Å². The highest BCUT2D eigenvalue weighted by Crippen LogP contribution is 2.65. The van der Waals surface area contributed by atoms with Crippen molar-refractivity contribution in [3.63, 3.8) is 0 Å². The van der Waals surface area contributed by atoms with Crippen LogP contribution in [0.1, 0.15) is 72.1 Å². The molecule has 3 fully saturated rings. The summed E-state index contributed by atoms with van der Waals surface area (Å²) in [5, 5.41) is 11.6. The molecule has 0 saturated heterocycles. The van der Waals surface area contributed by atoms with Gasteiger partial charge in [-0.15, -0.1) is 0 Å². The molecular weight excluding hydrogens is 316 g/mol. The Bertz CT molecular complexity index is 652. The smallest absolute Gasteiger partial charge is 0.302 e. The van der Waals surface area contributed by atoms with Crippen LogP contribution in [0.2, 0.25) is 0 Å². The lowest BCUT2D eigenvalue weighted by molar-refractivity contribution is -0.175. The molecular formula is C21H30O4. The number of carbonyl (C=O) groups is 2. The van der Waals surface area contributed by atoms with Crippen molar-refractivity contribution >= 4 is 11.8 Å². The molecule has 0 heterocycles. The van der Waals surface area contributed by atoms with E-state index in [1.165, 1.54) is 12.5 Å². The zero-order chi connectivity index (χ0) is 18.0. The molecule has 6 atom stereocenters. The molecule has 0 spiro atoms. The van der Waals surface area contributed by atoms with Crippen molar-refractivity contribution in [2.45, 2.75) is 83.8 Å². The Morgan fingerprint density at radius 3 is 2.68 bits per heavy atom. The molecule has 0 aromatic carbocycles. The Labute approximate surface area is 150 Å². The molecule has 3 saturated carbocycles. The van der Waals surface area contributed by atoms with Crippen LogP contribution in [0.15, 0.2) is 11.6 Å². The number of carbonyl (C=O) groups excluding carboxylic acids is 2. The van der Waals surface area contributed by atoms with Crippen LogP contribution in [0.3, 0.4) is 0 Å². The predicted molar refractivity (Wildman–Crippen MR) is 93.7 cm³/mol. The van der Waals surface area contributed by atoms with E-state index >= 15 is 0 Å². The quantitative estimate of drug-likeness (QED) is 0.582. The van der Waals surface area contributed by atoms with Crippen molar-refractivity contribution in [2.24, 2.45) is 22.7 Å². The maximum Gasteiger partial charge on any atom is 0.302 e. The first kappa shape index (κ1) is 17.3. The lowest BCUT2D eigenvalue weighted by Crippen LogP contribution is -2.60. The van der Waals surface area contributed by atoms with E-state index in [4.69, 9.17) is 4.74 Å². The van der Waals surface area contributed by atoms with Crippen LogP contribution in [-0.2, 0) is 14.3 Å². The normalized spacial score (nSPS) is 48.9. The molecule has 25 heavy (non-hydrogen) atoms. The van der Waals surface area contributed by atoms with Gasteiger partial charge in [-0.1, -0.05) is 18.6 Å². The Morgan fingerprint density at radius 2 is 1.96 bits per heavy atom. The first-order valence-electron chi connectivity index (χ1n) is 9.83. The zero-order valence-corrected chi connectivity index (χ0v) is 15.6. The molecule has 0 aromatic heterocycles. The van der Waals surface area contributed by atoms with Crippen LogP contribution < -0.4 is 0 Å². The molecule has 4 rings (SSSR count). The van der Waals surface area contributed by atoms with E-state index in [1.807, 2.05) is 6.92 Å². The molecule has 0 aromatic rings. The van der Waals surface area contributed by atoms with Crippen molar-refractivity contribution in [3.8, 4) is 0 Å². The third-order valence-electron chi connectivity index (χ3n) is 8.29. The summed E-state index contributed by atoms with van der Waals surface area (Å²) in [6.45, 7) is 5.81. The number of hydrogen-bond donors (Lipinski definition) is 1. The number of fused-ring (bicyclic) bond motifs is 5. The van der Waals surface area contributed by atoms with Gasteiger partial charge in [0.1, 0.15) is 11.9 Å². The van der Waals surface area contributed by atoms with E-state index in [9.17, 15) is 14.7 Å². The summed E-state index contributed by atoms with van der Waals surface area (Å²) in [5.74, 6) is 0.661. The molecule has 0 amide bonds. The molecule has 1 unspecified atom stereocenters. The molecule has 4 aliphatic carbocycles. The van der Waals surface area contributed by atoms with Crippen molar-refractivity contribution in [1.29, 1.82) is 0 Å². The molecule has 1 N–H and O–H groups in total. The SMILES string of the molecule is CC(=O)OC1CC[C@@]2(C)C(=CC[C@@H]3[C@@H]2CC[C@]2(C)C(=O)CC[C@@]32O)C1. The molecule has 4 aliphatic rings. The fourth-order valence-corrected chi connectivity index (χ4v) is 6.69. The number of esters is 1. The number of ketones is 1. The van der Waals surface area contributed by atoms with Crippen LogP contribution >= 0.6 is 0 Å². The summed E-state index contributed by atoms with van der Waals surface area (Å²) in [6.07, 6.45) is 8.83. The second-order valence-corrected chi connectivity index (χ2v) is 9.29. The predicted octanol–water partition coefficient (Wildman–Crippen LogP) is 3.56. The third kappa shape index (κ3) is 2.22. The Kier molecular flexibility index (Phi) is 3.74. The van der Waals surface area contributed by atoms with Gasteiger partial charge in [-0.3, -0.25) is 9.59 Å². The maximum atomic E-state index is 12.5. The van der Waals surface area contributed by atoms with E-state index in [-0.39, 0.29) is 29.2 Å². The van der Waals surface area contributed by atoms with Gasteiger partial charge in [0.25, 0.3) is 0 Å². The first-order valence-corrected chi connectivity index (χ1v) is 9.83. The summed E-state index contributed by atoms with van der Waals surface area (Å²) >= 11 is 0. The summed E-state index contributed by atoms with van der Waals surface area (Å²) in [6, 6.07) is 0. The number of allylic oxidation sites excluding steroid dienone is 1. The minimum Gasteiger partial charge on any atom is -0.462 e. The highest BCUT2D eigenvalue weighted by atomic mass is 16.5. The minimum atomic E-state index is -0.842. The molecule has 138 valence electrons. The number of ether oxygens (including phenoxy) is 1. The van der Waals surface area contributed by atoms with Gasteiger partial charge >= 0.3 is 5.97 Å². The van der Waals surface area contributed by atoms with E-state index in [0.29, 0.717) is 18.8 Å². The molecule has 0 bridgehead atoms. The zero-order valence-electron chi connectivity index (χ0n) is 15.6. The topological polar surface area (TPSA) is 63.6 Å². The van der Waals surface area contributed by atoms with Gasteiger partial charge in [0.15, 0.2) is 0 Å². The molecule has 4 heteroatoms. The van der Waals surface area contributed by atoms with Crippen LogP contribution in [0, 0.1) is 22.7 Å². The minimum absolute atomic E-state index is 0.00150. The summed E-state index contributed by atoms with van der Waals surface area (Å²) in [7, 11) is 0. The molecule has 0 radical (unpaired) electrons. The highest BCUT2D eigenvalue weighted by Gasteiger charge is 2.66. The monoisotopic (exact) mass is 346 g/mol. The average Bonchev–Trinajstić information content (AvgIpc) is 2.79. The fraction of sp³-hybridized carbons (Fsp3) is 0.810. The standard InChI is InChI=1S/C21H30O4/c1-13(22)25-15-6-9-19(2)14(12-15)4-5-17-16(19)7-10-20(3)18(23)8-11-21(17,20)24/h4,15-17,24H,5-12H2,1-3H3/t15?,16-,17+,19-,20+,21+/m0/s1. The summed E-state index contributed by atoms with van der Waals surface area (Å²) < 4.78 is 5.47. The van der Waals surface area contributed by atoms with Gasteiger partial charge in [-0.25, -0.2) is 0 Å². The number of rotatable bonds is 1. The van der Waals surface area contributed by atoms with Gasteiger partial charge < -0.3 is 9.84 Å². The first-order chi connectivity index (χ1) is 11.7. The largest absolute Gasteiger partial charge is 0.462 e. The summed E-state index contributed by atoms with van der Waals surface area (Å²) in [4.78, 5) is 23.8. The second kappa shape index (κ2) is 5.42. The van der Waals surface area contributed by atoms with Gasteiger partial charge in [0.05, 0.1) is 11.0 Å². The van der Waals surface area contributed by atoms with E-state index in [2.05, 4.69) is 13.0 Å². The van der Waals surface area contributed by atoms with E-state index in [0.717, 1.165) is 38.5 Å². The Balaban J connectivity index is 1.65. The van der Waals surface area contributed by atoms with Gasteiger partial charge in [-0.2, -0.15) is 0 Å². The van der Waals surface area contributed by atoms with Crippen molar-refractivity contribution < 1.29 is 19.4 Å². The third-order valence-corrected chi connectivity index (χ3v) is 8.29. The van der Waals surface area contributed by atoms with Crippen molar-refractivity contribution in [2.75, 3.05) is 0 Å². The van der Waals surface area contributed by atoms with E-state index in [1.54, 1.807) is 0 Å². The number of aliphatic hydroxyl groups is 1. The van der Waals surface area contributed by atoms with Gasteiger partial charge in [-0.05, 0) is 62.7 Å². The maximum absolute atomic E-state index is 12.5. The highest BCUT2D eigenvalue weighted by molar-refractivity contribution is 5.88. The molecule has 4 nitrogen and oxygen atoms in total. The average molecular weight is 346 g/mol. The fourth-order valence-electron chi connectivity index (χ4n) is 6.69. The van der Waals surface area contributed by atoms with Gasteiger partial charge in [0, 0.05) is 19.8 Å².